The predicted octanol–water partition coefficient (Wildman–Crippen LogP) is 1.33. The lowest BCUT2D eigenvalue weighted by Gasteiger charge is -2.17. The highest BCUT2D eigenvalue weighted by atomic mass is 16.5. The summed E-state index contributed by atoms with van der Waals surface area (Å²) in [6.45, 7) is 3.90. The first-order valence-electron chi connectivity index (χ1n) is 6.30. The monoisotopic (exact) mass is 262 g/mol. The molecule has 2 amide bonds. The average molecular weight is 262 g/mol. The summed E-state index contributed by atoms with van der Waals surface area (Å²) in [5, 5.41) is 3.11. The minimum absolute atomic E-state index is 0.164. The van der Waals surface area contributed by atoms with E-state index < -0.39 is 6.04 Å². The van der Waals surface area contributed by atoms with Crippen LogP contribution >= 0.6 is 0 Å². The number of carbonyl (C=O) groups excluding carboxylic acids is 2. The minimum atomic E-state index is -0.422. The highest BCUT2D eigenvalue weighted by Crippen LogP contribution is 2.25. The number of anilines is 1. The maximum Gasteiger partial charge on any atom is 0.251 e. The van der Waals surface area contributed by atoms with E-state index in [-0.39, 0.29) is 24.3 Å². The van der Waals surface area contributed by atoms with E-state index in [0.717, 1.165) is 0 Å². The number of rotatable bonds is 4. The van der Waals surface area contributed by atoms with E-state index in [1.165, 1.54) is 4.90 Å². The van der Waals surface area contributed by atoms with Crippen LogP contribution in [-0.2, 0) is 9.59 Å². The van der Waals surface area contributed by atoms with Gasteiger partial charge in [-0.3, -0.25) is 9.59 Å². The van der Waals surface area contributed by atoms with E-state index in [4.69, 9.17) is 4.74 Å². The van der Waals surface area contributed by atoms with E-state index in [1.54, 1.807) is 31.4 Å². The standard InChI is InChI=1S/C14H18N2O3/c1-9(2)15-12-8-13(17)16(14(12)18)10-4-6-11(19-3)7-5-10/h4-7,9,12,15H,8H2,1-3H3. The first-order chi connectivity index (χ1) is 9.02. The molecule has 0 aromatic heterocycles. The van der Waals surface area contributed by atoms with Gasteiger partial charge in [-0.15, -0.1) is 0 Å². The van der Waals surface area contributed by atoms with Gasteiger partial charge in [0.05, 0.1) is 25.3 Å². The molecule has 1 aliphatic heterocycles. The van der Waals surface area contributed by atoms with Crippen molar-refractivity contribution in [2.75, 3.05) is 12.0 Å². The summed E-state index contributed by atoms with van der Waals surface area (Å²) in [6.07, 6.45) is 0.211. The second-order valence-corrected chi connectivity index (χ2v) is 4.84. The lowest BCUT2D eigenvalue weighted by atomic mass is 10.2. The van der Waals surface area contributed by atoms with Gasteiger partial charge in [-0.2, -0.15) is 0 Å². The molecule has 5 heteroatoms. The van der Waals surface area contributed by atoms with Gasteiger partial charge in [0.15, 0.2) is 0 Å². The van der Waals surface area contributed by atoms with Crippen LogP contribution in [0.1, 0.15) is 20.3 Å². The fourth-order valence-corrected chi connectivity index (χ4v) is 2.17. The number of ether oxygens (including phenoxy) is 1. The van der Waals surface area contributed by atoms with Crippen molar-refractivity contribution in [3.05, 3.63) is 24.3 Å². The molecule has 1 saturated heterocycles. The van der Waals surface area contributed by atoms with E-state index in [9.17, 15) is 9.59 Å². The molecule has 0 saturated carbocycles. The van der Waals surface area contributed by atoms with Gasteiger partial charge < -0.3 is 10.1 Å². The Morgan fingerprint density at radius 2 is 1.89 bits per heavy atom. The molecule has 1 fully saturated rings. The third-order valence-electron chi connectivity index (χ3n) is 3.01. The molecule has 1 aliphatic rings. The smallest absolute Gasteiger partial charge is 0.251 e. The molecular formula is C14H18N2O3. The largest absolute Gasteiger partial charge is 0.497 e. The lowest BCUT2D eigenvalue weighted by molar-refractivity contribution is -0.121. The van der Waals surface area contributed by atoms with E-state index in [1.807, 2.05) is 13.8 Å². The van der Waals surface area contributed by atoms with Crippen LogP contribution in [0.25, 0.3) is 0 Å². The molecule has 2 rings (SSSR count). The Labute approximate surface area is 112 Å². The second-order valence-electron chi connectivity index (χ2n) is 4.84. The van der Waals surface area contributed by atoms with Crippen LogP contribution in [0.3, 0.4) is 0 Å². The Bertz CT molecular complexity index is 482. The summed E-state index contributed by atoms with van der Waals surface area (Å²) in [6, 6.07) is 6.64. The number of amides is 2. The van der Waals surface area contributed by atoms with Crippen LogP contribution in [0, 0.1) is 0 Å². The molecule has 19 heavy (non-hydrogen) atoms. The van der Waals surface area contributed by atoms with E-state index in [2.05, 4.69) is 5.32 Å². The Hall–Kier alpha value is -1.88. The molecule has 0 radical (unpaired) electrons. The SMILES string of the molecule is COc1ccc(N2C(=O)CC(NC(C)C)C2=O)cc1. The number of benzene rings is 1. The third-order valence-corrected chi connectivity index (χ3v) is 3.01. The topological polar surface area (TPSA) is 58.6 Å². The number of carbonyl (C=O) groups is 2. The number of methoxy groups -OCH3 is 1. The van der Waals surface area contributed by atoms with Crippen LogP contribution in [0.2, 0.25) is 0 Å². The van der Waals surface area contributed by atoms with E-state index in [0.29, 0.717) is 11.4 Å². The van der Waals surface area contributed by atoms with Crippen LogP contribution in [0.4, 0.5) is 5.69 Å². The van der Waals surface area contributed by atoms with Gasteiger partial charge >= 0.3 is 0 Å². The molecule has 1 unspecified atom stereocenters. The number of nitrogens with zero attached hydrogens (tertiary/aromatic N) is 1. The highest BCUT2D eigenvalue weighted by molar-refractivity contribution is 6.22. The van der Waals surface area contributed by atoms with Gasteiger partial charge in [0.2, 0.25) is 5.91 Å². The molecule has 0 aliphatic carbocycles. The normalized spacial score (nSPS) is 19.4. The van der Waals surface area contributed by atoms with Gasteiger partial charge in [-0.1, -0.05) is 13.8 Å². The summed E-state index contributed by atoms with van der Waals surface area (Å²) in [4.78, 5) is 25.4. The Balaban J connectivity index is 2.19. The molecule has 1 aromatic rings. The molecule has 102 valence electrons. The summed E-state index contributed by atoms with van der Waals surface area (Å²) >= 11 is 0. The molecule has 0 spiro atoms. The summed E-state index contributed by atoms with van der Waals surface area (Å²) in [5.41, 5.74) is 0.587. The van der Waals surface area contributed by atoms with Crippen molar-refractivity contribution in [3.63, 3.8) is 0 Å². The van der Waals surface area contributed by atoms with Gasteiger partial charge in [-0.05, 0) is 24.3 Å². The van der Waals surface area contributed by atoms with Crippen molar-refractivity contribution in [2.45, 2.75) is 32.4 Å². The van der Waals surface area contributed by atoms with Gasteiger partial charge in [0.1, 0.15) is 5.75 Å². The molecule has 5 nitrogen and oxygen atoms in total. The van der Waals surface area contributed by atoms with E-state index >= 15 is 0 Å². The number of nitrogens with one attached hydrogen (secondary N) is 1. The van der Waals surface area contributed by atoms with Crippen molar-refractivity contribution >= 4 is 17.5 Å². The van der Waals surface area contributed by atoms with Crippen LogP contribution in [-0.4, -0.2) is 31.0 Å². The number of hydrogen-bond donors (Lipinski definition) is 1. The highest BCUT2D eigenvalue weighted by Gasteiger charge is 2.39. The lowest BCUT2D eigenvalue weighted by Crippen LogP contribution is -2.41. The summed E-state index contributed by atoms with van der Waals surface area (Å²) < 4.78 is 5.06. The minimum Gasteiger partial charge on any atom is -0.497 e. The first kappa shape index (κ1) is 13.5. The van der Waals surface area contributed by atoms with Crippen LogP contribution in [0.5, 0.6) is 5.75 Å². The first-order valence-corrected chi connectivity index (χ1v) is 6.30. The average Bonchev–Trinajstić information content (AvgIpc) is 2.64. The maximum absolute atomic E-state index is 12.2. The van der Waals surface area contributed by atoms with Crippen LogP contribution in [0.15, 0.2) is 24.3 Å². The fraction of sp³-hybridized carbons (Fsp3) is 0.429. The fourth-order valence-electron chi connectivity index (χ4n) is 2.17. The number of imide groups is 1. The Morgan fingerprint density at radius 3 is 2.42 bits per heavy atom. The predicted molar refractivity (Wildman–Crippen MR) is 72.2 cm³/mol. The molecule has 1 heterocycles. The quantitative estimate of drug-likeness (QED) is 0.832. The molecule has 1 aromatic carbocycles. The molecule has 0 bridgehead atoms. The molecular weight excluding hydrogens is 244 g/mol. The third kappa shape index (κ3) is 2.76. The number of hydrogen-bond acceptors (Lipinski definition) is 4. The second kappa shape index (κ2) is 5.40. The molecule has 1 N–H and O–H groups in total. The summed E-state index contributed by atoms with van der Waals surface area (Å²) in [7, 11) is 1.57. The Kier molecular flexibility index (Phi) is 3.85. The zero-order valence-electron chi connectivity index (χ0n) is 11.3. The van der Waals surface area contributed by atoms with Crippen molar-refractivity contribution < 1.29 is 14.3 Å². The van der Waals surface area contributed by atoms with Crippen molar-refractivity contribution in [2.24, 2.45) is 0 Å². The maximum atomic E-state index is 12.2. The van der Waals surface area contributed by atoms with Crippen molar-refractivity contribution in [3.8, 4) is 5.75 Å². The van der Waals surface area contributed by atoms with Crippen molar-refractivity contribution in [1.29, 1.82) is 0 Å². The van der Waals surface area contributed by atoms with Gasteiger partial charge in [0, 0.05) is 6.04 Å². The Morgan fingerprint density at radius 1 is 1.26 bits per heavy atom. The zero-order chi connectivity index (χ0) is 14.0. The molecule has 1 atom stereocenters. The van der Waals surface area contributed by atoms with Gasteiger partial charge in [0.25, 0.3) is 5.91 Å². The van der Waals surface area contributed by atoms with Crippen LogP contribution < -0.4 is 15.0 Å². The van der Waals surface area contributed by atoms with Gasteiger partial charge in [-0.25, -0.2) is 4.90 Å². The summed E-state index contributed by atoms with van der Waals surface area (Å²) in [5.74, 6) is 0.330. The van der Waals surface area contributed by atoms with Crippen molar-refractivity contribution in [1.82, 2.24) is 5.32 Å². The zero-order valence-corrected chi connectivity index (χ0v) is 11.3.